The molecule has 1 rings (SSSR count). The molecule has 1 aromatic rings. The third-order valence-corrected chi connectivity index (χ3v) is 1.98. The number of carbonyl (C=O) groups is 1. The summed E-state index contributed by atoms with van der Waals surface area (Å²) < 4.78 is 1.32. The molecule has 15 heavy (non-hydrogen) atoms. The summed E-state index contributed by atoms with van der Waals surface area (Å²) in [6.07, 6.45) is 1.46. The molecule has 0 aliphatic carbocycles. The standard InChI is InChI=1S/C10H14N2O3/c1-11(2)10(15)8-3-4-9(14)12(7-8)5-6-13/h3-4,7,13H,5-6H2,1-2H3. The zero-order valence-corrected chi connectivity index (χ0v) is 8.80. The van der Waals surface area contributed by atoms with Crippen molar-refractivity contribution in [3.63, 3.8) is 0 Å². The number of aliphatic hydroxyl groups is 1. The second kappa shape index (κ2) is 4.75. The first-order chi connectivity index (χ1) is 7.06. The zero-order chi connectivity index (χ0) is 11.4. The van der Waals surface area contributed by atoms with Crippen LogP contribution in [-0.2, 0) is 6.54 Å². The molecule has 82 valence electrons. The van der Waals surface area contributed by atoms with Gasteiger partial charge in [-0.3, -0.25) is 9.59 Å². The Hall–Kier alpha value is -1.62. The SMILES string of the molecule is CN(C)C(=O)c1ccc(=O)n(CCO)c1. The van der Waals surface area contributed by atoms with Crippen molar-refractivity contribution >= 4 is 5.91 Å². The third-order valence-electron chi connectivity index (χ3n) is 1.98. The number of aliphatic hydroxyl groups excluding tert-OH is 1. The second-order valence-electron chi connectivity index (χ2n) is 3.37. The number of aromatic nitrogens is 1. The average molecular weight is 210 g/mol. The molecule has 0 saturated carbocycles. The third kappa shape index (κ3) is 2.66. The molecule has 0 aromatic carbocycles. The van der Waals surface area contributed by atoms with Crippen LogP contribution in [0.5, 0.6) is 0 Å². The topological polar surface area (TPSA) is 62.5 Å². The van der Waals surface area contributed by atoms with E-state index in [1.807, 2.05) is 0 Å². The highest BCUT2D eigenvalue weighted by Crippen LogP contribution is 1.99. The summed E-state index contributed by atoms with van der Waals surface area (Å²) in [4.78, 5) is 24.3. The first-order valence-corrected chi connectivity index (χ1v) is 4.59. The number of carbonyl (C=O) groups excluding carboxylic acids is 1. The average Bonchev–Trinajstić information content (AvgIpc) is 2.20. The monoisotopic (exact) mass is 210 g/mol. The number of hydrogen-bond donors (Lipinski definition) is 1. The summed E-state index contributed by atoms with van der Waals surface area (Å²) >= 11 is 0. The minimum atomic E-state index is -0.223. The van der Waals surface area contributed by atoms with E-state index in [0.717, 1.165) is 0 Å². The number of hydrogen-bond acceptors (Lipinski definition) is 3. The summed E-state index contributed by atoms with van der Waals surface area (Å²) in [6, 6.07) is 2.81. The van der Waals surface area contributed by atoms with E-state index in [1.54, 1.807) is 14.1 Å². The first-order valence-electron chi connectivity index (χ1n) is 4.59. The summed E-state index contributed by atoms with van der Waals surface area (Å²) in [6.45, 7) is 0.0763. The van der Waals surface area contributed by atoms with E-state index >= 15 is 0 Å². The highest BCUT2D eigenvalue weighted by atomic mass is 16.3. The maximum atomic E-state index is 11.6. The molecule has 0 atom stereocenters. The van der Waals surface area contributed by atoms with Gasteiger partial charge in [0.15, 0.2) is 0 Å². The van der Waals surface area contributed by atoms with Crippen LogP contribution in [0.3, 0.4) is 0 Å². The van der Waals surface area contributed by atoms with E-state index in [1.165, 1.54) is 27.8 Å². The van der Waals surface area contributed by atoms with Crippen molar-refractivity contribution in [2.45, 2.75) is 6.54 Å². The van der Waals surface area contributed by atoms with Gasteiger partial charge in [-0.05, 0) is 6.07 Å². The summed E-state index contributed by atoms with van der Waals surface area (Å²) in [5.41, 5.74) is 0.215. The lowest BCUT2D eigenvalue weighted by Crippen LogP contribution is -2.26. The van der Waals surface area contributed by atoms with E-state index in [4.69, 9.17) is 5.11 Å². The molecule has 5 heteroatoms. The van der Waals surface area contributed by atoms with E-state index in [-0.39, 0.29) is 24.6 Å². The van der Waals surface area contributed by atoms with Crippen LogP contribution in [0.15, 0.2) is 23.1 Å². The minimum Gasteiger partial charge on any atom is -0.395 e. The maximum absolute atomic E-state index is 11.6. The molecular formula is C10H14N2O3. The van der Waals surface area contributed by atoms with Crippen LogP contribution in [0, 0.1) is 0 Å². The molecule has 1 aromatic heterocycles. The van der Waals surface area contributed by atoms with Crippen molar-refractivity contribution in [2.75, 3.05) is 20.7 Å². The fourth-order valence-electron chi connectivity index (χ4n) is 1.20. The Morgan fingerprint density at radius 1 is 1.47 bits per heavy atom. The van der Waals surface area contributed by atoms with Gasteiger partial charge in [-0.25, -0.2) is 0 Å². The first kappa shape index (κ1) is 11.5. The van der Waals surface area contributed by atoms with E-state index in [9.17, 15) is 9.59 Å². The second-order valence-corrected chi connectivity index (χ2v) is 3.37. The molecule has 0 spiro atoms. The van der Waals surface area contributed by atoms with Crippen LogP contribution in [-0.4, -0.2) is 41.2 Å². The van der Waals surface area contributed by atoms with Crippen molar-refractivity contribution in [2.24, 2.45) is 0 Å². The quantitative estimate of drug-likeness (QED) is 0.734. The van der Waals surface area contributed by atoms with Gasteiger partial charge >= 0.3 is 0 Å². The van der Waals surface area contributed by atoms with Gasteiger partial charge < -0.3 is 14.6 Å². The van der Waals surface area contributed by atoms with Crippen molar-refractivity contribution in [1.29, 1.82) is 0 Å². The Labute approximate surface area is 87.6 Å². The predicted molar refractivity (Wildman–Crippen MR) is 55.8 cm³/mol. The summed E-state index contributed by atoms with van der Waals surface area (Å²) in [5, 5.41) is 8.73. The molecule has 0 aliphatic rings. The van der Waals surface area contributed by atoms with Gasteiger partial charge in [0.05, 0.1) is 12.2 Å². The van der Waals surface area contributed by atoms with Crippen molar-refractivity contribution in [3.8, 4) is 0 Å². The fraction of sp³-hybridized carbons (Fsp3) is 0.400. The van der Waals surface area contributed by atoms with E-state index in [0.29, 0.717) is 5.56 Å². The molecule has 0 bridgehead atoms. The molecule has 0 saturated heterocycles. The summed E-state index contributed by atoms with van der Waals surface area (Å²) in [5.74, 6) is -0.165. The van der Waals surface area contributed by atoms with Gasteiger partial charge in [-0.2, -0.15) is 0 Å². The minimum absolute atomic E-state index is 0.125. The van der Waals surface area contributed by atoms with Crippen LogP contribution >= 0.6 is 0 Å². The predicted octanol–water partition coefficient (Wildman–Crippen LogP) is -0.458. The Balaban J connectivity index is 3.07. The van der Waals surface area contributed by atoms with Crippen molar-refractivity contribution in [1.82, 2.24) is 9.47 Å². The van der Waals surface area contributed by atoms with Crippen molar-refractivity contribution < 1.29 is 9.90 Å². The van der Waals surface area contributed by atoms with Crippen LogP contribution in [0.25, 0.3) is 0 Å². The lowest BCUT2D eigenvalue weighted by atomic mass is 10.2. The van der Waals surface area contributed by atoms with Crippen LogP contribution in [0.4, 0.5) is 0 Å². The molecule has 5 nitrogen and oxygen atoms in total. The Morgan fingerprint density at radius 2 is 2.13 bits per heavy atom. The van der Waals surface area contributed by atoms with E-state index in [2.05, 4.69) is 0 Å². The Bertz CT molecular complexity index is 409. The Kier molecular flexibility index (Phi) is 3.62. The molecule has 1 amide bonds. The van der Waals surface area contributed by atoms with Crippen LogP contribution < -0.4 is 5.56 Å². The van der Waals surface area contributed by atoms with Gasteiger partial charge in [-0.1, -0.05) is 0 Å². The molecule has 0 aliphatic heterocycles. The fourth-order valence-corrected chi connectivity index (χ4v) is 1.20. The molecule has 0 fully saturated rings. The lowest BCUT2D eigenvalue weighted by Gasteiger charge is -2.11. The molecular weight excluding hydrogens is 196 g/mol. The maximum Gasteiger partial charge on any atom is 0.254 e. The molecule has 0 unspecified atom stereocenters. The zero-order valence-electron chi connectivity index (χ0n) is 8.80. The largest absolute Gasteiger partial charge is 0.395 e. The molecule has 1 N–H and O–H groups in total. The normalized spacial score (nSPS) is 10.1. The number of amides is 1. The molecule has 1 heterocycles. The number of nitrogens with zero attached hydrogens (tertiary/aromatic N) is 2. The van der Waals surface area contributed by atoms with Crippen molar-refractivity contribution in [3.05, 3.63) is 34.2 Å². The van der Waals surface area contributed by atoms with Gasteiger partial charge in [0.2, 0.25) is 0 Å². The Morgan fingerprint density at radius 3 is 2.67 bits per heavy atom. The van der Waals surface area contributed by atoms with Crippen LogP contribution in [0.2, 0.25) is 0 Å². The van der Waals surface area contributed by atoms with Gasteiger partial charge in [0.1, 0.15) is 0 Å². The lowest BCUT2D eigenvalue weighted by molar-refractivity contribution is 0.0826. The highest BCUT2D eigenvalue weighted by molar-refractivity contribution is 5.93. The van der Waals surface area contributed by atoms with E-state index < -0.39 is 0 Å². The summed E-state index contributed by atoms with van der Waals surface area (Å²) in [7, 11) is 3.29. The number of pyridine rings is 1. The van der Waals surface area contributed by atoms with Crippen LogP contribution in [0.1, 0.15) is 10.4 Å². The van der Waals surface area contributed by atoms with Gasteiger partial charge in [0.25, 0.3) is 11.5 Å². The number of rotatable bonds is 3. The highest BCUT2D eigenvalue weighted by Gasteiger charge is 2.08. The molecule has 0 radical (unpaired) electrons. The smallest absolute Gasteiger partial charge is 0.254 e. The van der Waals surface area contributed by atoms with Gasteiger partial charge in [0, 0.05) is 32.9 Å². The van der Waals surface area contributed by atoms with Gasteiger partial charge in [-0.15, -0.1) is 0 Å².